The number of carbonyl (C=O) groups is 2. The number of carbonyl (C=O) groups excluding carboxylic acids is 2. The number of rotatable bonds is 14. The SMILES string of the molecule is CCCN(CCC)C(=O)C1=CC(C)=CC(C(N)=O)([C@H](Cc2cc(F)cc(F)c2)[C@@H](O)CNCc2coc3ccccc23)C1. The average Bonchev–Trinajstić information content (AvgIpc) is 3.37. The molecule has 0 aliphatic heterocycles. The van der Waals surface area contributed by atoms with Crippen LogP contribution in [0.15, 0.2) is 76.4 Å². The number of nitrogens with zero attached hydrogens (tertiary/aromatic N) is 1. The quantitative estimate of drug-likeness (QED) is 0.231. The molecule has 7 nitrogen and oxygen atoms in total. The highest BCUT2D eigenvalue weighted by Gasteiger charge is 2.48. The number of para-hydroxylation sites is 1. The standard InChI is InChI=1S/C34H41F2N3O4/c1-4-10-39(11-5-2)32(41)24-12-22(3)17-34(18-24,33(37)42)29(15-23-13-26(35)16-27(36)14-23)30(40)20-38-19-25-21-43-31-9-7-6-8-28(25)31/h6-9,12-14,16-17,21,29-30,38,40H,4-5,10-11,15,18-20H2,1-3H3,(H2,37,42)/t29-,30+,34?/m1/s1. The minimum Gasteiger partial charge on any atom is -0.464 e. The summed E-state index contributed by atoms with van der Waals surface area (Å²) in [7, 11) is 0. The monoisotopic (exact) mass is 593 g/mol. The summed E-state index contributed by atoms with van der Waals surface area (Å²) >= 11 is 0. The summed E-state index contributed by atoms with van der Waals surface area (Å²) in [5.74, 6) is -3.33. The van der Waals surface area contributed by atoms with Gasteiger partial charge >= 0.3 is 0 Å². The van der Waals surface area contributed by atoms with Crippen molar-refractivity contribution >= 4 is 22.8 Å². The lowest BCUT2D eigenvalue weighted by atomic mass is 9.63. The van der Waals surface area contributed by atoms with Gasteiger partial charge in [0.25, 0.3) is 0 Å². The van der Waals surface area contributed by atoms with Crippen LogP contribution in [0.4, 0.5) is 8.78 Å². The van der Waals surface area contributed by atoms with Crippen LogP contribution >= 0.6 is 0 Å². The van der Waals surface area contributed by atoms with E-state index in [1.807, 2.05) is 38.1 Å². The number of nitrogens with one attached hydrogen (secondary N) is 1. The summed E-state index contributed by atoms with van der Waals surface area (Å²) in [5, 5.41) is 15.9. The van der Waals surface area contributed by atoms with Crippen molar-refractivity contribution in [3.8, 4) is 0 Å². The molecule has 4 rings (SSSR count). The number of allylic oxidation sites excluding steroid dienone is 2. The predicted octanol–water partition coefficient (Wildman–Crippen LogP) is 5.42. The van der Waals surface area contributed by atoms with Gasteiger partial charge in [0, 0.05) is 54.7 Å². The number of aliphatic hydroxyl groups is 1. The number of amides is 2. The number of benzene rings is 2. The Balaban J connectivity index is 1.67. The van der Waals surface area contributed by atoms with E-state index in [0.29, 0.717) is 30.8 Å². The van der Waals surface area contributed by atoms with Crippen molar-refractivity contribution in [2.45, 2.75) is 59.1 Å². The highest BCUT2D eigenvalue weighted by molar-refractivity contribution is 5.97. The van der Waals surface area contributed by atoms with Gasteiger partial charge in [0.2, 0.25) is 11.8 Å². The molecule has 1 heterocycles. The van der Waals surface area contributed by atoms with Gasteiger partial charge in [0.05, 0.1) is 17.8 Å². The van der Waals surface area contributed by atoms with E-state index in [1.165, 1.54) is 12.1 Å². The summed E-state index contributed by atoms with van der Waals surface area (Å²) in [6.45, 7) is 7.33. The average molecular weight is 594 g/mol. The predicted molar refractivity (Wildman–Crippen MR) is 163 cm³/mol. The first-order valence-corrected chi connectivity index (χ1v) is 14.9. The highest BCUT2D eigenvalue weighted by atomic mass is 19.1. The summed E-state index contributed by atoms with van der Waals surface area (Å²) in [6.07, 6.45) is 5.41. The fraction of sp³-hybridized carbons (Fsp3) is 0.412. The lowest BCUT2D eigenvalue weighted by Crippen LogP contribution is -2.51. The zero-order valence-electron chi connectivity index (χ0n) is 25.0. The lowest BCUT2D eigenvalue weighted by molar-refractivity contribution is -0.132. The van der Waals surface area contributed by atoms with Crippen LogP contribution in [0, 0.1) is 23.0 Å². The summed E-state index contributed by atoms with van der Waals surface area (Å²) in [4.78, 5) is 28.9. The molecular weight excluding hydrogens is 552 g/mol. The van der Waals surface area contributed by atoms with Gasteiger partial charge in [0.1, 0.15) is 17.2 Å². The molecule has 0 fully saturated rings. The van der Waals surface area contributed by atoms with Gasteiger partial charge in [0.15, 0.2) is 0 Å². The number of hydrogen-bond acceptors (Lipinski definition) is 5. The number of hydrogen-bond donors (Lipinski definition) is 3. The minimum absolute atomic E-state index is 0.0334. The first-order chi connectivity index (χ1) is 20.6. The van der Waals surface area contributed by atoms with Crippen LogP contribution in [0.5, 0.6) is 0 Å². The molecule has 0 saturated heterocycles. The Bertz CT molecular complexity index is 1490. The van der Waals surface area contributed by atoms with Gasteiger partial charge in [-0.3, -0.25) is 9.59 Å². The van der Waals surface area contributed by atoms with E-state index in [4.69, 9.17) is 10.2 Å². The molecule has 230 valence electrons. The van der Waals surface area contributed by atoms with Crippen LogP contribution in [-0.2, 0) is 22.6 Å². The van der Waals surface area contributed by atoms with Crippen LogP contribution in [0.2, 0.25) is 0 Å². The molecule has 43 heavy (non-hydrogen) atoms. The Kier molecular flexibility index (Phi) is 10.5. The molecule has 3 aromatic rings. The van der Waals surface area contributed by atoms with Crippen molar-refractivity contribution in [1.29, 1.82) is 0 Å². The lowest BCUT2D eigenvalue weighted by Gasteiger charge is -2.42. The molecule has 2 aromatic carbocycles. The summed E-state index contributed by atoms with van der Waals surface area (Å²) in [5.41, 5.74) is 7.61. The Morgan fingerprint density at radius 1 is 1.12 bits per heavy atom. The summed E-state index contributed by atoms with van der Waals surface area (Å²) in [6, 6.07) is 10.7. The molecule has 1 aliphatic rings. The van der Waals surface area contributed by atoms with Gasteiger partial charge in [-0.25, -0.2) is 8.78 Å². The van der Waals surface area contributed by atoms with E-state index < -0.39 is 35.0 Å². The number of aliphatic hydroxyl groups excluding tert-OH is 1. The normalized spacial score (nSPS) is 18.2. The van der Waals surface area contributed by atoms with Crippen molar-refractivity contribution in [3.05, 3.63) is 94.8 Å². The molecule has 1 unspecified atom stereocenters. The zero-order valence-corrected chi connectivity index (χ0v) is 25.0. The maximum Gasteiger partial charge on any atom is 0.249 e. The van der Waals surface area contributed by atoms with Gasteiger partial charge in [-0.2, -0.15) is 0 Å². The van der Waals surface area contributed by atoms with Crippen molar-refractivity contribution in [1.82, 2.24) is 10.2 Å². The largest absolute Gasteiger partial charge is 0.464 e. The Hall–Kier alpha value is -3.82. The van der Waals surface area contributed by atoms with E-state index in [2.05, 4.69) is 5.32 Å². The molecule has 3 atom stereocenters. The van der Waals surface area contributed by atoms with Crippen LogP contribution in [-0.4, -0.2) is 47.6 Å². The molecule has 0 spiro atoms. The van der Waals surface area contributed by atoms with Crippen molar-refractivity contribution in [3.63, 3.8) is 0 Å². The number of halogens is 2. The fourth-order valence-electron chi connectivity index (χ4n) is 6.23. The minimum atomic E-state index is -1.49. The van der Waals surface area contributed by atoms with Crippen LogP contribution in [0.1, 0.15) is 51.2 Å². The molecule has 0 radical (unpaired) electrons. The van der Waals surface area contributed by atoms with Crippen molar-refractivity contribution in [2.75, 3.05) is 19.6 Å². The smallest absolute Gasteiger partial charge is 0.249 e. The third-order valence-electron chi connectivity index (χ3n) is 8.11. The zero-order chi connectivity index (χ0) is 31.1. The number of fused-ring (bicyclic) bond motifs is 1. The molecule has 2 amide bonds. The number of furan rings is 1. The van der Waals surface area contributed by atoms with E-state index in [1.54, 1.807) is 30.2 Å². The first-order valence-electron chi connectivity index (χ1n) is 14.9. The third kappa shape index (κ3) is 7.40. The molecule has 4 N–H and O–H groups in total. The van der Waals surface area contributed by atoms with Gasteiger partial charge in [-0.05, 0) is 56.4 Å². The Morgan fingerprint density at radius 3 is 2.44 bits per heavy atom. The van der Waals surface area contributed by atoms with Crippen molar-refractivity contribution in [2.24, 2.45) is 17.1 Å². The third-order valence-corrected chi connectivity index (χ3v) is 8.11. The van der Waals surface area contributed by atoms with Crippen molar-refractivity contribution < 1.29 is 27.9 Å². The van der Waals surface area contributed by atoms with E-state index in [-0.39, 0.29) is 30.9 Å². The second kappa shape index (κ2) is 14.1. The molecular formula is C34H41F2N3O4. The Labute approximate surface area is 251 Å². The maximum atomic E-state index is 14.2. The first kappa shape index (κ1) is 32.1. The van der Waals surface area contributed by atoms with Crippen LogP contribution < -0.4 is 11.1 Å². The number of primary amides is 1. The molecule has 1 aliphatic carbocycles. The Morgan fingerprint density at radius 2 is 1.79 bits per heavy atom. The fourth-order valence-corrected chi connectivity index (χ4v) is 6.23. The van der Waals surface area contributed by atoms with Gasteiger partial charge in [-0.15, -0.1) is 0 Å². The van der Waals surface area contributed by atoms with E-state index in [0.717, 1.165) is 35.4 Å². The maximum absolute atomic E-state index is 14.2. The topological polar surface area (TPSA) is 109 Å². The molecule has 9 heteroatoms. The van der Waals surface area contributed by atoms with Gasteiger partial charge < -0.3 is 25.5 Å². The van der Waals surface area contributed by atoms with Gasteiger partial charge in [-0.1, -0.05) is 49.8 Å². The second-order valence-electron chi connectivity index (χ2n) is 11.5. The van der Waals surface area contributed by atoms with Crippen LogP contribution in [0.25, 0.3) is 11.0 Å². The number of nitrogens with two attached hydrogens (primary N) is 1. The summed E-state index contributed by atoms with van der Waals surface area (Å²) < 4.78 is 34.1. The molecule has 0 saturated carbocycles. The molecule has 0 bridgehead atoms. The van der Waals surface area contributed by atoms with E-state index in [9.17, 15) is 23.5 Å². The van der Waals surface area contributed by atoms with E-state index >= 15 is 0 Å². The molecule has 1 aromatic heterocycles. The second-order valence-corrected chi connectivity index (χ2v) is 11.5. The highest BCUT2D eigenvalue weighted by Crippen LogP contribution is 2.44. The van der Waals surface area contributed by atoms with Crippen LogP contribution in [0.3, 0.4) is 0 Å².